The quantitative estimate of drug-likeness (QED) is 0.718. The van der Waals surface area contributed by atoms with E-state index in [9.17, 15) is 13.6 Å². The second-order valence-electron chi connectivity index (χ2n) is 6.19. The largest absolute Gasteiger partial charge is 0.434 e. The number of halogens is 4. The number of carbonyl (C=O) groups excluding carboxylic acids is 1. The molecular weight excluding hydrogens is 397 g/mol. The summed E-state index contributed by atoms with van der Waals surface area (Å²) in [5, 5.41) is 1.03. The number of ether oxygens (including phenoxy) is 1. The molecule has 0 aliphatic carbocycles. The highest BCUT2D eigenvalue weighted by Gasteiger charge is 2.25. The number of rotatable bonds is 5. The fourth-order valence-corrected chi connectivity index (χ4v) is 3.34. The molecule has 144 valence electrons. The van der Waals surface area contributed by atoms with Crippen LogP contribution >= 0.6 is 23.2 Å². The van der Waals surface area contributed by atoms with E-state index >= 15 is 0 Å². The van der Waals surface area contributed by atoms with E-state index in [2.05, 4.69) is 9.64 Å². The Labute approximate surface area is 166 Å². The minimum atomic E-state index is -2.97. The summed E-state index contributed by atoms with van der Waals surface area (Å²) in [5.74, 6) is -0.406. The molecule has 2 aromatic rings. The van der Waals surface area contributed by atoms with E-state index in [-0.39, 0.29) is 17.2 Å². The molecule has 4 nitrogen and oxygen atoms in total. The van der Waals surface area contributed by atoms with Crippen LogP contribution in [0.25, 0.3) is 0 Å². The molecule has 0 bridgehead atoms. The maximum atomic E-state index is 12.7. The van der Waals surface area contributed by atoms with Crippen LogP contribution in [0.1, 0.15) is 15.9 Å². The minimum absolute atomic E-state index is 0.101. The van der Waals surface area contributed by atoms with Gasteiger partial charge in [0.15, 0.2) is 0 Å². The first-order chi connectivity index (χ1) is 12.9. The Balaban J connectivity index is 1.60. The molecule has 1 aliphatic rings. The number of alkyl halides is 2. The van der Waals surface area contributed by atoms with Gasteiger partial charge in [-0.15, -0.1) is 0 Å². The number of hydrogen-bond donors (Lipinski definition) is 0. The Kier molecular flexibility index (Phi) is 6.52. The molecule has 0 N–H and O–H groups in total. The van der Waals surface area contributed by atoms with Crippen molar-refractivity contribution in [3.8, 4) is 5.75 Å². The monoisotopic (exact) mass is 414 g/mol. The van der Waals surface area contributed by atoms with E-state index in [1.54, 1.807) is 23.1 Å². The van der Waals surface area contributed by atoms with Crippen molar-refractivity contribution in [2.75, 3.05) is 26.2 Å². The van der Waals surface area contributed by atoms with Crippen LogP contribution in [0.3, 0.4) is 0 Å². The predicted octanol–water partition coefficient (Wildman–Crippen LogP) is 4.55. The van der Waals surface area contributed by atoms with Gasteiger partial charge in [0.25, 0.3) is 5.91 Å². The minimum Gasteiger partial charge on any atom is -0.434 e. The molecular formula is C19H18Cl2F2N2O2. The topological polar surface area (TPSA) is 32.8 Å². The highest BCUT2D eigenvalue weighted by atomic mass is 35.5. The Hall–Kier alpha value is -1.89. The second kappa shape index (κ2) is 8.87. The van der Waals surface area contributed by atoms with Gasteiger partial charge in [-0.05, 0) is 29.8 Å². The van der Waals surface area contributed by atoms with Crippen molar-refractivity contribution in [2.45, 2.75) is 13.2 Å². The summed E-state index contributed by atoms with van der Waals surface area (Å²) >= 11 is 12.0. The summed E-state index contributed by atoms with van der Waals surface area (Å²) in [6.07, 6.45) is 0. The van der Waals surface area contributed by atoms with Gasteiger partial charge in [-0.1, -0.05) is 41.4 Å². The molecule has 2 aromatic carbocycles. The Morgan fingerprint density at radius 1 is 1.04 bits per heavy atom. The predicted molar refractivity (Wildman–Crippen MR) is 101 cm³/mol. The van der Waals surface area contributed by atoms with Crippen LogP contribution in [0.4, 0.5) is 8.78 Å². The summed E-state index contributed by atoms with van der Waals surface area (Å²) in [4.78, 5) is 16.6. The maximum Gasteiger partial charge on any atom is 0.387 e. The smallest absolute Gasteiger partial charge is 0.387 e. The Morgan fingerprint density at radius 2 is 1.74 bits per heavy atom. The van der Waals surface area contributed by atoms with Crippen molar-refractivity contribution in [1.82, 2.24) is 9.80 Å². The second-order valence-corrected chi connectivity index (χ2v) is 7.01. The molecule has 0 spiro atoms. The lowest BCUT2D eigenvalue weighted by atomic mass is 10.1. The zero-order chi connectivity index (χ0) is 19.4. The molecule has 0 radical (unpaired) electrons. The van der Waals surface area contributed by atoms with Crippen molar-refractivity contribution in [3.63, 3.8) is 0 Å². The van der Waals surface area contributed by atoms with E-state index < -0.39 is 6.61 Å². The first-order valence-corrected chi connectivity index (χ1v) is 9.19. The first kappa shape index (κ1) is 19.9. The Morgan fingerprint density at radius 3 is 2.41 bits per heavy atom. The number of benzene rings is 2. The van der Waals surface area contributed by atoms with E-state index in [1.165, 1.54) is 12.1 Å². The third kappa shape index (κ3) is 5.09. The van der Waals surface area contributed by atoms with Crippen LogP contribution in [0.5, 0.6) is 5.75 Å². The summed E-state index contributed by atoms with van der Waals surface area (Å²) in [5.41, 5.74) is 1.19. The van der Waals surface area contributed by atoms with Crippen molar-refractivity contribution in [1.29, 1.82) is 0 Å². The summed E-state index contributed by atoms with van der Waals surface area (Å²) in [6.45, 7) is 0.0753. The van der Waals surface area contributed by atoms with Crippen LogP contribution in [-0.4, -0.2) is 48.5 Å². The van der Waals surface area contributed by atoms with Gasteiger partial charge in [0, 0.05) is 32.7 Å². The molecule has 8 heteroatoms. The van der Waals surface area contributed by atoms with Gasteiger partial charge in [-0.25, -0.2) is 0 Å². The number of nitrogens with zero attached hydrogens (tertiary/aromatic N) is 2. The Bertz CT molecular complexity index is 812. The summed E-state index contributed by atoms with van der Waals surface area (Å²) in [6, 6.07) is 11.6. The highest BCUT2D eigenvalue weighted by Crippen LogP contribution is 2.25. The number of hydrogen-bond acceptors (Lipinski definition) is 3. The van der Waals surface area contributed by atoms with Crippen LogP contribution in [-0.2, 0) is 6.54 Å². The van der Waals surface area contributed by atoms with Crippen LogP contribution < -0.4 is 4.74 Å². The average Bonchev–Trinajstić information content (AvgIpc) is 2.65. The van der Waals surface area contributed by atoms with Gasteiger partial charge in [-0.3, -0.25) is 9.69 Å². The molecule has 1 aliphatic heterocycles. The number of amides is 1. The zero-order valence-electron chi connectivity index (χ0n) is 14.4. The first-order valence-electron chi connectivity index (χ1n) is 8.43. The van der Waals surface area contributed by atoms with E-state index in [1.807, 2.05) is 12.1 Å². The van der Waals surface area contributed by atoms with Crippen LogP contribution in [0.15, 0.2) is 42.5 Å². The third-order valence-corrected chi connectivity index (χ3v) is 5.12. The fraction of sp³-hybridized carbons (Fsp3) is 0.316. The molecule has 0 unspecified atom stereocenters. The summed E-state index contributed by atoms with van der Waals surface area (Å²) < 4.78 is 29.6. The number of para-hydroxylation sites is 1. The third-order valence-electron chi connectivity index (χ3n) is 4.38. The molecule has 0 atom stereocenters. The van der Waals surface area contributed by atoms with Crippen molar-refractivity contribution < 1.29 is 18.3 Å². The van der Waals surface area contributed by atoms with Crippen molar-refractivity contribution in [3.05, 3.63) is 63.6 Å². The molecule has 3 rings (SSSR count). The van der Waals surface area contributed by atoms with Crippen molar-refractivity contribution in [2.24, 2.45) is 0 Å². The molecule has 1 heterocycles. The van der Waals surface area contributed by atoms with E-state index in [0.29, 0.717) is 42.8 Å². The van der Waals surface area contributed by atoms with Crippen molar-refractivity contribution >= 4 is 29.1 Å². The number of carbonyl (C=O) groups is 1. The van der Waals surface area contributed by atoms with E-state index in [4.69, 9.17) is 23.2 Å². The molecule has 0 aromatic heterocycles. The molecule has 1 saturated heterocycles. The lowest BCUT2D eigenvalue weighted by Crippen LogP contribution is -2.48. The van der Waals surface area contributed by atoms with Gasteiger partial charge in [0.2, 0.25) is 0 Å². The lowest BCUT2D eigenvalue weighted by molar-refractivity contribution is -0.0503. The van der Waals surface area contributed by atoms with Crippen LogP contribution in [0, 0.1) is 0 Å². The maximum absolute atomic E-state index is 12.7. The van der Waals surface area contributed by atoms with E-state index in [0.717, 1.165) is 5.56 Å². The lowest BCUT2D eigenvalue weighted by Gasteiger charge is -2.35. The normalized spacial score (nSPS) is 15.2. The summed E-state index contributed by atoms with van der Waals surface area (Å²) in [7, 11) is 0. The highest BCUT2D eigenvalue weighted by molar-refractivity contribution is 6.42. The molecule has 1 amide bonds. The standard InChI is InChI=1S/C19H18Cl2F2N2O2/c20-15-6-5-13(11-16(15)21)12-24-7-9-25(10-8-24)18(26)14-3-1-2-4-17(14)27-19(22)23/h1-6,11,19H,7-10,12H2. The number of piperazine rings is 1. The van der Waals surface area contributed by atoms with Gasteiger partial charge < -0.3 is 9.64 Å². The van der Waals surface area contributed by atoms with Gasteiger partial charge in [0.05, 0.1) is 15.6 Å². The van der Waals surface area contributed by atoms with Crippen LogP contribution in [0.2, 0.25) is 10.0 Å². The average molecular weight is 415 g/mol. The molecule has 27 heavy (non-hydrogen) atoms. The zero-order valence-corrected chi connectivity index (χ0v) is 15.9. The fourth-order valence-electron chi connectivity index (χ4n) is 3.02. The van der Waals surface area contributed by atoms with Gasteiger partial charge in [0.1, 0.15) is 5.75 Å². The molecule has 0 saturated carbocycles. The van der Waals surface area contributed by atoms with Gasteiger partial charge >= 0.3 is 6.61 Å². The molecule has 1 fully saturated rings. The van der Waals surface area contributed by atoms with Gasteiger partial charge in [-0.2, -0.15) is 8.78 Å². The SMILES string of the molecule is O=C(c1ccccc1OC(F)F)N1CCN(Cc2ccc(Cl)c(Cl)c2)CC1.